The first-order valence-electron chi connectivity index (χ1n) is 5.82. The van der Waals surface area contributed by atoms with Crippen LogP contribution in [0.2, 0.25) is 0 Å². The normalized spacial score (nSPS) is 18.7. The maximum atomic E-state index is 10.3. The summed E-state index contributed by atoms with van der Waals surface area (Å²) in [7, 11) is 1.97. The van der Waals surface area contributed by atoms with Crippen LogP contribution in [0.5, 0.6) is 0 Å². The van der Waals surface area contributed by atoms with Crippen LogP contribution in [0.25, 0.3) is 0 Å². The Morgan fingerprint density at radius 2 is 1.94 bits per heavy atom. The second-order valence-corrected chi connectivity index (χ2v) is 4.75. The molecule has 0 unspecified atom stereocenters. The molecule has 1 aliphatic rings. The molecule has 1 aromatic rings. The molecule has 0 aliphatic heterocycles. The van der Waals surface area contributed by atoms with Gasteiger partial charge in [0.05, 0.1) is 11.3 Å². The number of aryl methyl sites for hydroxylation is 1. The summed E-state index contributed by atoms with van der Waals surface area (Å²) in [6, 6.07) is 0. The highest BCUT2D eigenvalue weighted by Gasteiger charge is 2.32. The van der Waals surface area contributed by atoms with Gasteiger partial charge >= 0.3 is 0 Å². The second-order valence-electron chi connectivity index (χ2n) is 4.75. The van der Waals surface area contributed by atoms with Crippen LogP contribution in [0.3, 0.4) is 0 Å². The summed E-state index contributed by atoms with van der Waals surface area (Å²) in [6.45, 7) is 2.59. The van der Waals surface area contributed by atoms with Gasteiger partial charge in [0.15, 0.2) is 0 Å². The lowest BCUT2D eigenvalue weighted by Gasteiger charge is -2.29. The van der Waals surface area contributed by atoms with Gasteiger partial charge in [-0.1, -0.05) is 12.8 Å². The van der Waals surface area contributed by atoms with Crippen molar-refractivity contribution in [1.29, 1.82) is 0 Å². The Morgan fingerprint density at radius 1 is 1.31 bits per heavy atom. The molecular formula is C12H19N3O. The summed E-state index contributed by atoms with van der Waals surface area (Å²) in [6.07, 6.45) is 7.44. The van der Waals surface area contributed by atoms with Crippen molar-refractivity contribution in [2.24, 2.45) is 0 Å². The number of anilines is 1. The van der Waals surface area contributed by atoms with Gasteiger partial charge in [0, 0.05) is 26.0 Å². The van der Waals surface area contributed by atoms with E-state index in [1.54, 1.807) is 12.4 Å². The Labute approximate surface area is 96.3 Å². The van der Waals surface area contributed by atoms with Gasteiger partial charge in [-0.3, -0.25) is 4.98 Å². The van der Waals surface area contributed by atoms with Gasteiger partial charge in [-0.2, -0.15) is 0 Å². The third-order valence-electron chi connectivity index (χ3n) is 3.28. The van der Waals surface area contributed by atoms with E-state index in [9.17, 15) is 5.11 Å². The Bertz CT molecular complexity index is 361. The van der Waals surface area contributed by atoms with Gasteiger partial charge in [0.25, 0.3) is 0 Å². The third kappa shape index (κ3) is 2.32. The Balaban J connectivity index is 2.08. The summed E-state index contributed by atoms with van der Waals surface area (Å²) in [5.74, 6) is 0.864. The van der Waals surface area contributed by atoms with E-state index in [1.807, 2.05) is 18.9 Å². The molecule has 4 nitrogen and oxygen atoms in total. The first-order chi connectivity index (χ1) is 7.61. The molecule has 1 N–H and O–H groups in total. The van der Waals surface area contributed by atoms with Gasteiger partial charge in [-0.25, -0.2) is 4.98 Å². The number of aliphatic hydroxyl groups is 1. The highest BCUT2D eigenvalue weighted by atomic mass is 16.3. The largest absolute Gasteiger partial charge is 0.388 e. The lowest BCUT2D eigenvalue weighted by molar-refractivity contribution is 0.0557. The Morgan fingerprint density at radius 3 is 2.56 bits per heavy atom. The van der Waals surface area contributed by atoms with Gasteiger partial charge < -0.3 is 10.0 Å². The predicted molar refractivity (Wildman–Crippen MR) is 63.5 cm³/mol. The minimum absolute atomic E-state index is 0.529. The van der Waals surface area contributed by atoms with Crippen molar-refractivity contribution in [3.05, 3.63) is 18.1 Å². The van der Waals surface area contributed by atoms with E-state index in [0.717, 1.165) is 37.2 Å². The number of aromatic nitrogens is 2. The number of rotatable bonds is 3. The molecule has 1 aromatic heterocycles. The zero-order valence-electron chi connectivity index (χ0n) is 9.98. The van der Waals surface area contributed by atoms with E-state index in [1.165, 1.54) is 0 Å². The van der Waals surface area contributed by atoms with Crippen molar-refractivity contribution < 1.29 is 5.11 Å². The van der Waals surface area contributed by atoms with E-state index in [-0.39, 0.29) is 0 Å². The average Bonchev–Trinajstić information content (AvgIpc) is 2.65. The fourth-order valence-electron chi connectivity index (χ4n) is 2.48. The van der Waals surface area contributed by atoms with Crippen LogP contribution < -0.4 is 4.90 Å². The smallest absolute Gasteiger partial charge is 0.149 e. The lowest BCUT2D eigenvalue weighted by atomic mass is 10.0. The van der Waals surface area contributed by atoms with E-state index in [4.69, 9.17) is 0 Å². The van der Waals surface area contributed by atoms with Crippen LogP contribution in [-0.2, 0) is 0 Å². The minimum Gasteiger partial charge on any atom is -0.388 e. The summed E-state index contributed by atoms with van der Waals surface area (Å²) in [4.78, 5) is 10.5. The molecule has 0 radical (unpaired) electrons. The van der Waals surface area contributed by atoms with E-state index < -0.39 is 5.60 Å². The minimum atomic E-state index is -0.529. The molecule has 88 valence electrons. The summed E-state index contributed by atoms with van der Waals surface area (Å²) in [5.41, 5.74) is 0.380. The van der Waals surface area contributed by atoms with Gasteiger partial charge in [0.2, 0.25) is 0 Å². The van der Waals surface area contributed by atoms with Crippen molar-refractivity contribution in [3.63, 3.8) is 0 Å². The fourth-order valence-corrected chi connectivity index (χ4v) is 2.48. The van der Waals surface area contributed by atoms with Crippen LogP contribution in [-0.4, -0.2) is 34.3 Å². The van der Waals surface area contributed by atoms with Crippen molar-refractivity contribution in [2.45, 2.75) is 38.2 Å². The molecule has 0 spiro atoms. The monoisotopic (exact) mass is 221 g/mol. The first kappa shape index (κ1) is 11.3. The summed E-state index contributed by atoms with van der Waals surface area (Å²) >= 11 is 0. The maximum absolute atomic E-state index is 10.3. The van der Waals surface area contributed by atoms with E-state index in [0.29, 0.717) is 6.54 Å². The molecule has 1 aliphatic carbocycles. The number of likely N-dealkylation sites (N-methyl/N-ethyl adjacent to an activating group) is 1. The van der Waals surface area contributed by atoms with Gasteiger partial charge in [-0.15, -0.1) is 0 Å². The van der Waals surface area contributed by atoms with Crippen LogP contribution in [0, 0.1) is 6.92 Å². The van der Waals surface area contributed by atoms with E-state index >= 15 is 0 Å². The number of nitrogens with zero attached hydrogens (tertiary/aromatic N) is 3. The highest BCUT2D eigenvalue weighted by molar-refractivity contribution is 5.41. The average molecular weight is 221 g/mol. The predicted octanol–water partition coefficient (Wildman–Crippen LogP) is 1.53. The van der Waals surface area contributed by atoms with Crippen molar-refractivity contribution >= 4 is 5.82 Å². The molecular weight excluding hydrogens is 202 g/mol. The summed E-state index contributed by atoms with van der Waals surface area (Å²) < 4.78 is 0. The SMILES string of the molecule is Cc1nccnc1N(C)CC1(O)CCCC1. The molecule has 1 saturated carbocycles. The van der Waals surface area contributed by atoms with Gasteiger partial charge in [-0.05, 0) is 19.8 Å². The third-order valence-corrected chi connectivity index (χ3v) is 3.28. The zero-order chi connectivity index (χ0) is 11.6. The Hall–Kier alpha value is -1.16. The molecule has 16 heavy (non-hydrogen) atoms. The maximum Gasteiger partial charge on any atom is 0.149 e. The van der Waals surface area contributed by atoms with Crippen molar-refractivity contribution in [1.82, 2.24) is 9.97 Å². The Kier molecular flexibility index (Phi) is 3.10. The number of hydrogen-bond acceptors (Lipinski definition) is 4. The molecule has 4 heteroatoms. The molecule has 0 saturated heterocycles. The van der Waals surface area contributed by atoms with Gasteiger partial charge in [0.1, 0.15) is 5.82 Å². The molecule has 0 atom stereocenters. The van der Waals surface area contributed by atoms with E-state index in [2.05, 4.69) is 9.97 Å². The molecule has 0 aromatic carbocycles. The van der Waals surface area contributed by atoms with Crippen LogP contribution >= 0.6 is 0 Å². The molecule has 1 fully saturated rings. The van der Waals surface area contributed by atoms with Crippen molar-refractivity contribution in [2.75, 3.05) is 18.5 Å². The molecule has 0 amide bonds. The van der Waals surface area contributed by atoms with Crippen LogP contribution in [0.4, 0.5) is 5.82 Å². The topological polar surface area (TPSA) is 49.2 Å². The lowest BCUT2D eigenvalue weighted by Crippen LogP contribution is -2.39. The zero-order valence-corrected chi connectivity index (χ0v) is 9.98. The quantitative estimate of drug-likeness (QED) is 0.841. The fraction of sp³-hybridized carbons (Fsp3) is 0.667. The first-order valence-corrected chi connectivity index (χ1v) is 5.82. The molecule has 0 bridgehead atoms. The van der Waals surface area contributed by atoms with Crippen LogP contribution in [0.1, 0.15) is 31.4 Å². The standard InChI is InChI=1S/C12H19N3O/c1-10-11(14-8-7-13-10)15(2)9-12(16)5-3-4-6-12/h7-8,16H,3-6,9H2,1-2H3. The molecule has 1 heterocycles. The van der Waals surface area contributed by atoms with Crippen LogP contribution in [0.15, 0.2) is 12.4 Å². The van der Waals surface area contributed by atoms with Crippen molar-refractivity contribution in [3.8, 4) is 0 Å². The summed E-state index contributed by atoms with van der Waals surface area (Å²) in [5, 5.41) is 10.3. The molecule has 2 rings (SSSR count). The number of hydrogen-bond donors (Lipinski definition) is 1. The highest BCUT2D eigenvalue weighted by Crippen LogP contribution is 2.30. The second kappa shape index (κ2) is 4.37.